The highest BCUT2D eigenvalue weighted by molar-refractivity contribution is 5.77. The summed E-state index contributed by atoms with van der Waals surface area (Å²) in [5.41, 5.74) is 0.950. The van der Waals surface area contributed by atoms with Gasteiger partial charge in [0.1, 0.15) is 0 Å². The standard InChI is InChI=1S/C13H18N4O2/c1-19-12-10(3-2-4-15-12)8-16-9-11-7-14-5-6-17(11)13(16)18/h2-4,11,14H,5-9H2,1H3. The van der Waals surface area contributed by atoms with Crippen LogP contribution >= 0.6 is 0 Å². The summed E-state index contributed by atoms with van der Waals surface area (Å²) in [5.74, 6) is 0.596. The van der Waals surface area contributed by atoms with Crippen molar-refractivity contribution >= 4 is 6.03 Å². The minimum Gasteiger partial charge on any atom is -0.481 e. The van der Waals surface area contributed by atoms with Crippen LogP contribution < -0.4 is 10.1 Å². The molecule has 3 heterocycles. The van der Waals surface area contributed by atoms with E-state index in [9.17, 15) is 4.79 Å². The maximum absolute atomic E-state index is 12.3. The Morgan fingerprint density at radius 3 is 3.26 bits per heavy atom. The van der Waals surface area contributed by atoms with Gasteiger partial charge in [-0.1, -0.05) is 6.07 Å². The summed E-state index contributed by atoms with van der Waals surface area (Å²) in [6.45, 7) is 3.88. The van der Waals surface area contributed by atoms with Gasteiger partial charge in [-0.3, -0.25) is 0 Å². The van der Waals surface area contributed by atoms with E-state index in [-0.39, 0.29) is 6.03 Å². The van der Waals surface area contributed by atoms with Crippen LogP contribution in [0.3, 0.4) is 0 Å². The number of ether oxygens (including phenoxy) is 1. The molecule has 0 aromatic carbocycles. The van der Waals surface area contributed by atoms with Crippen LogP contribution in [0, 0.1) is 0 Å². The first kappa shape index (κ1) is 12.2. The number of fused-ring (bicyclic) bond motifs is 1. The lowest BCUT2D eigenvalue weighted by atomic mass is 10.2. The molecule has 2 amide bonds. The van der Waals surface area contributed by atoms with E-state index in [1.165, 1.54) is 0 Å². The molecule has 1 aromatic rings. The topological polar surface area (TPSA) is 57.7 Å². The number of methoxy groups -OCH3 is 1. The van der Waals surface area contributed by atoms with Crippen LogP contribution in [0.4, 0.5) is 4.79 Å². The number of nitrogens with one attached hydrogen (secondary N) is 1. The number of piperazine rings is 1. The number of urea groups is 1. The first-order valence-corrected chi connectivity index (χ1v) is 6.53. The molecule has 0 saturated carbocycles. The van der Waals surface area contributed by atoms with Crippen LogP contribution in [-0.2, 0) is 6.54 Å². The Bertz CT molecular complexity index is 479. The summed E-state index contributed by atoms with van der Waals surface area (Å²) in [6.07, 6.45) is 1.70. The summed E-state index contributed by atoms with van der Waals surface area (Å²) in [4.78, 5) is 20.3. The lowest BCUT2D eigenvalue weighted by molar-refractivity contribution is 0.178. The minimum absolute atomic E-state index is 0.123. The first-order chi connectivity index (χ1) is 9.29. The van der Waals surface area contributed by atoms with Crippen molar-refractivity contribution in [2.45, 2.75) is 12.6 Å². The van der Waals surface area contributed by atoms with E-state index in [0.717, 1.165) is 31.7 Å². The van der Waals surface area contributed by atoms with Crippen LogP contribution in [0.15, 0.2) is 18.3 Å². The molecular formula is C13H18N4O2. The van der Waals surface area contributed by atoms with E-state index in [1.807, 2.05) is 21.9 Å². The van der Waals surface area contributed by atoms with Gasteiger partial charge < -0.3 is 19.9 Å². The highest BCUT2D eigenvalue weighted by Crippen LogP contribution is 2.22. The summed E-state index contributed by atoms with van der Waals surface area (Å²) in [6, 6.07) is 4.24. The van der Waals surface area contributed by atoms with Gasteiger partial charge in [-0.2, -0.15) is 0 Å². The number of nitrogens with zero attached hydrogens (tertiary/aromatic N) is 3. The second-order valence-corrected chi connectivity index (χ2v) is 4.89. The van der Waals surface area contributed by atoms with E-state index < -0.39 is 0 Å². The normalized spacial score (nSPS) is 22.6. The second kappa shape index (κ2) is 5.05. The maximum Gasteiger partial charge on any atom is 0.320 e. The van der Waals surface area contributed by atoms with Crippen molar-refractivity contribution < 1.29 is 9.53 Å². The van der Waals surface area contributed by atoms with Crippen LogP contribution in [0.2, 0.25) is 0 Å². The molecule has 2 fully saturated rings. The Balaban J connectivity index is 1.75. The largest absolute Gasteiger partial charge is 0.481 e. The van der Waals surface area contributed by atoms with Gasteiger partial charge in [-0.05, 0) is 6.07 Å². The quantitative estimate of drug-likeness (QED) is 0.851. The number of rotatable bonds is 3. The third-order valence-electron chi connectivity index (χ3n) is 3.70. The van der Waals surface area contributed by atoms with Crippen molar-refractivity contribution in [3.05, 3.63) is 23.9 Å². The summed E-state index contributed by atoms with van der Waals surface area (Å²) in [5, 5.41) is 3.33. The van der Waals surface area contributed by atoms with Gasteiger partial charge in [-0.25, -0.2) is 9.78 Å². The zero-order valence-corrected chi connectivity index (χ0v) is 11.0. The van der Waals surface area contributed by atoms with E-state index >= 15 is 0 Å². The van der Waals surface area contributed by atoms with Gasteiger partial charge in [0.15, 0.2) is 0 Å². The zero-order chi connectivity index (χ0) is 13.2. The molecule has 0 bridgehead atoms. The number of hydrogen-bond acceptors (Lipinski definition) is 4. The Labute approximate surface area is 112 Å². The predicted octanol–water partition coefficient (Wildman–Crippen LogP) is 0.300. The highest BCUT2D eigenvalue weighted by Gasteiger charge is 2.38. The first-order valence-electron chi connectivity index (χ1n) is 6.53. The molecular weight excluding hydrogens is 244 g/mol. The predicted molar refractivity (Wildman–Crippen MR) is 70.0 cm³/mol. The number of amides is 2. The molecule has 1 atom stereocenters. The van der Waals surface area contributed by atoms with E-state index in [4.69, 9.17) is 4.74 Å². The molecule has 102 valence electrons. The molecule has 1 aromatic heterocycles. The Kier molecular flexibility index (Phi) is 3.25. The van der Waals surface area contributed by atoms with Gasteiger partial charge in [0.25, 0.3) is 0 Å². The molecule has 0 aliphatic carbocycles. The molecule has 19 heavy (non-hydrogen) atoms. The maximum atomic E-state index is 12.3. The molecule has 1 N–H and O–H groups in total. The molecule has 2 aliphatic heterocycles. The Morgan fingerprint density at radius 2 is 2.47 bits per heavy atom. The summed E-state index contributed by atoms with van der Waals surface area (Å²) in [7, 11) is 1.60. The lowest BCUT2D eigenvalue weighted by Crippen LogP contribution is -2.49. The smallest absolute Gasteiger partial charge is 0.320 e. The van der Waals surface area contributed by atoms with Gasteiger partial charge in [-0.15, -0.1) is 0 Å². The fourth-order valence-corrected chi connectivity index (χ4v) is 2.76. The summed E-state index contributed by atoms with van der Waals surface area (Å²) >= 11 is 0. The number of carbonyl (C=O) groups excluding carboxylic acids is 1. The Hall–Kier alpha value is -1.82. The number of aromatic nitrogens is 1. The van der Waals surface area contributed by atoms with Crippen molar-refractivity contribution in [2.75, 3.05) is 33.3 Å². The average Bonchev–Trinajstić information content (AvgIpc) is 2.77. The molecule has 2 saturated heterocycles. The third-order valence-corrected chi connectivity index (χ3v) is 3.70. The third kappa shape index (κ3) is 2.23. The fourth-order valence-electron chi connectivity index (χ4n) is 2.76. The van der Waals surface area contributed by atoms with E-state index in [2.05, 4.69) is 10.3 Å². The lowest BCUT2D eigenvalue weighted by Gasteiger charge is -2.28. The van der Waals surface area contributed by atoms with Crippen molar-refractivity contribution in [1.29, 1.82) is 0 Å². The van der Waals surface area contributed by atoms with Gasteiger partial charge in [0.2, 0.25) is 5.88 Å². The van der Waals surface area contributed by atoms with Gasteiger partial charge in [0, 0.05) is 37.9 Å². The van der Waals surface area contributed by atoms with Crippen LogP contribution in [0.5, 0.6) is 5.88 Å². The fraction of sp³-hybridized carbons (Fsp3) is 0.538. The van der Waals surface area contributed by atoms with Crippen molar-refractivity contribution in [3.63, 3.8) is 0 Å². The zero-order valence-electron chi connectivity index (χ0n) is 11.0. The molecule has 2 aliphatic rings. The number of pyridine rings is 1. The minimum atomic E-state index is 0.123. The van der Waals surface area contributed by atoms with E-state index in [0.29, 0.717) is 18.5 Å². The highest BCUT2D eigenvalue weighted by atomic mass is 16.5. The molecule has 6 nitrogen and oxygen atoms in total. The van der Waals surface area contributed by atoms with Crippen molar-refractivity contribution in [2.24, 2.45) is 0 Å². The summed E-state index contributed by atoms with van der Waals surface area (Å²) < 4.78 is 5.23. The second-order valence-electron chi connectivity index (χ2n) is 4.89. The molecule has 0 spiro atoms. The van der Waals surface area contributed by atoms with Gasteiger partial charge >= 0.3 is 6.03 Å². The molecule has 3 rings (SSSR count). The van der Waals surface area contributed by atoms with E-state index in [1.54, 1.807) is 13.3 Å². The van der Waals surface area contributed by atoms with Gasteiger partial charge in [0.05, 0.1) is 19.7 Å². The van der Waals surface area contributed by atoms with Crippen LogP contribution in [-0.4, -0.2) is 60.1 Å². The Morgan fingerprint density at radius 1 is 1.58 bits per heavy atom. The van der Waals surface area contributed by atoms with Crippen LogP contribution in [0.1, 0.15) is 5.56 Å². The molecule has 1 unspecified atom stereocenters. The monoisotopic (exact) mass is 262 g/mol. The van der Waals surface area contributed by atoms with Crippen LogP contribution in [0.25, 0.3) is 0 Å². The van der Waals surface area contributed by atoms with Crippen molar-refractivity contribution in [1.82, 2.24) is 20.1 Å². The van der Waals surface area contributed by atoms with Crippen molar-refractivity contribution in [3.8, 4) is 5.88 Å². The number of hydrogen-bond donors (Lipinski definition) is 1. The average molecular weight is 262 g/mol. The number of carbonyl (C=O) groups is 1. The SMILES string of the molecule is COc1ncccc1CN1CC2CNCCN2C1=O. The molecule has 0 radical (unpaired) electrons. The molecule has 6 heteroatoms.